The molecule has 3 aromatic carbocycles. The van der Waals surface area contributed by atoms with Crippen LogP contribution in [0.4, 0.5) is 5.69 Å². The number of ether oxygens (including phenoxy) is 2. The van der Waals surface area contributed by atoms with E-state index in [4.69, 9.17) is 21.7 Å². The zero-order chi connectivity index (χ0) is 21.3. The van der Waals surface area contributed by atoms with Crippen molar-refractivity contribution in [2.45, 2.75) is 20.0 Å². The highest BCUT2D eigenvalue weighted by Crippen LogP contribution is 2.25. The van der Waals surface area contributed by atoms with Crippen molar-refractivity contribution in [2.24, 2.45) is 0 Å². The molecule has 0 fully saturated rings. The molecule has 0 aromatic heterocycles. The van der Waals surface area contributed by atoms with Gasteiger partial charge in [0.15, 0.2) is 5.11 Å². The van der Waals surface area contributed by atoms with Gasteiger partial charge >= 0.3 is 0 Å². The molecule has 0 atom stereocenters. The summed E-state index contributed by atoms with van der Waals surface area (Å²) in [6.07, 6.45) is 0. The second-order valence-electron chi connectivity index (χ2n) is 6.69. The first kappa shape index (κ1) is 22.1. The summed E-state index contributed by atoms with van der Waals surface area (Å²) in [6, 6.07) is 24.2. The molecule has 156 valence electrons. The molecule has 30 heavy (non-hydrogen) atoms. The van der Waals surface area contributed by atoms with Crippen molar-refractivity contribution >= 4 is 38.9 Å². The van der Waals surface area contributed by atoms with Gasteiger partial charge in [0.25, 0.3) is 0 Å². The van der Waals surface area contributed by atoms with E-state index in [-0.39, 0.29) is 0 Å². The van der Waals surface area contributed by atoms with E-state index in [1.165, 1.54) is 5.56 Å². The lowest BCUT2D eigenvalue weighted by Crippen LogP contribution is -2.34. The summed E-state index contributed by atoms with van der Waals surface area (Å²) in [5.74, 6) is 1.62. The minimum Gasteiger partial charge on any atom is -0.497 e. The van der Waals surface area contributed by atoms with E-state index in [9.17, 15) is 0 Å². The zero-order valence-electron chi connectivity index (χ0n) is 17.1. The first-order valence-electron chi connectivity index (χ1n) is 9.74. The summed E-state index contributed by atoms with van der Waals surface area (Å²) in [6.45, 7) is 3.92. The van der Waals surface area contributed by atoms with E-state index in [1.54, 1.807) is 7.11 Å². The summed E-state index contributed by atoms with van der Waals surface area (Å²) >= 11 is 9.30. The Morgan fingerprint density at radius 3 is 2.13 bits per heavy atom. The highest BCUT2D eigenvalue weighted by Gasteiger charge is 2.14. The molecule has 0 saturated carbocycles. The summed E-state index contributed by atoms with van der Waals surface area (Å²) in [5.41, 5.74) is 3.18. The summed E-state index contributed by atoms with van der Waals surface area (Å²) in [5, 5.41) is 4.01. The molecule has 0 radical (unpaired) electrons. The van der Waals surface area contributed by atoms with E-state index in [0.29, 0.717) is 24.8 Å². The lowest BCUT2D eigenvalue weighted by Gasteiger charge is -2.27. The van der Waals surface area contributed by atoms with Gasteiger partial charge in [0, 0.05) is 17.6 Å². The van der Waals surface area contributed by atoms with Crippen LogP contribution in [0.3, 0.4) is 0 Å². The maximum absolute atomic E-state index is 5.80. The van der Waals surface area contributed by atoms with Crippen LogP contribution in [0.25, 0.3) is 0 Å². The second-order valence-corrected chi connectivity index (χ2v) is 7.99. The van der Waals surface area contributed by atoms with E-state index < -0.39 is 0 Å². The van der Waals surface area contributed by atoms with Gasteiger partial charge in [-0.15, -0.1) is 0 Å². The molecular weight excluding hydrogens is 460 g/mol. The third-order valence-corrected chi connectivity index (χ3v) is 5.42. The van der Waals surface area contributed by atoms with Gasteiger partial charge in [0.05, 0.1) is 19.4 Å². The van der Waals surface area contributed by atoms with Crippen LogP contribution in [0.2, 0.25) is 0 Å². The number of rotatable bonds is 8. The molecule has 0 bridgehead atoms. The van der Waals surface area contributed by atoms with Crippen LogP contribution in [0.15, 0.2) is 77.3 Å². The number of hydrogen-bond donors (Lipinski definition) is 1. The van der Waals surface area contributed by atoms with Crippen LogP contribution in [-0.2, 0) is 13.1 Å². The Balaban J connectivity index is 1.81. The van der Waals surface area contributed by atoms with Gasteiger partial charge in [-0.25, -0.2) is 0 Å². The summed E-state index contributed by atoms with van der Waals surface area (Å²) in [7, 11) is 1.67. The Bertz CT molecular complexity index is 962. The molecule has 0 heterocycles. The fraction of sp³-hybridized carbons (Fsp3) is 0.208. The monoisotopic (exact) mass is 484 g/mol. The van der Waals surface area contributed by atoms with Crippen LogP contribution >= 0.6 is 28.1 Å². The third kappa shape index (κ3) is 6.21. The van der Waals surface area contributed by atoms with E-state index in [1.807, 2.05) is 55.5 Å². The van der Waals surface area contributed by atoms with Gasteiger partial charge in [0.2, 0.25) is 0 Å². The topological polar surface area (TPSA) is 33.7 Å². The number of methoxy groups -OCH3 is 1. The van der Waals surface area contributed by atoms with Crippen molar-refractivity contribution in [3.05, 3.63) is 88.4 Å². The number of hydrogen-bond acceptors (Lipinski definition) is 3. The maximum Gasteiger partial charge on any atom is 0.174 e. The van der Waals surface area contributed by atoms with Gasteiger partial charge in [-0.05, 0) is 66.7 Å². The van der Waals surface area contributed by atoms with Crippen molar-refractivity contribution in [3.63, 3.8) is 0 Å². The van der Waals surface area contributed by atoms with Crippen molar-refractivity contribution in [3.8, 4) is 11.5 Å². The molecule has 6 heteroatoms. The summed E-state index contributed by atoms with van der Waals surface area (Å²) < 4.78 is 12.1. The van der Waals surface area contributed by atoms with Crippen molar-refractivity contribution in [1.29, 1.82) is 0 Å². The van der Waals surface area contributed by atoms with Crippen LogP contribution < -0.4 is 14.8 Å². The molecule has 0 amide bonds. The molecule has 0 spiro atoms. The minimum absolute atomic E-state index is 0.597. The number of nitrogens with zero attached hydrogens (tertiary/aromatic N) is 1. The molecule has 3 aromatic rings. The van der Waals surface area contributed by atoms with Gasteiger partial charge in [-0.2, -0.15) is 0 Å². The fourth-order valence-electron chi connectivity index (χ4n) is 3.01. The Kier molecular flexibility index (Phi) is 8.11. The zero-order valence-corrected chi connectivity index (χ0v) is 19.5. The molecule has 0 saturated heterocycles. The first-order valence-corrected chi connectivity index (χ1v) is 10.9. The largest absolute Gasteiger partial charge is 0.497 e. The smallest absolute Gasteiger partial charge is 0.174 e. The Morgan fingerprint density at radius 1 is 0.933 bits per heavy atom. The van der Waals surface area contributed by atoms with Crippen LogP contribution in [0.1, 0.15) is 18.1 Å². The number of thiocarbonyl (C=S) groups is 1. The SMILES string of the molecule is CCOc1ccccc1NC(=S)N(Cc1ccc(Br)cc1)Cc1ccc(OC)cc1. The predicted molar refractivity (Wildman–Crippen MR) is 130 cm³/mol. The normalized spacial score (nSPS) is 10.4. The average molecular weight is 485 g/mol. The van der Waals surface area contributed by atoms with Crippen LogP contribution in [-0.4, -0.2) is 23.7 Å². The molecule has 0 aliphatic carbocycles. The Morgan fingerprint density at radius 2 is 1.53 bits per heavy atom. The number of nitrogens with one attached hydrogen (secondary N) is 1. The van der Waals surface area contributed by atoms with E-state index in [0.717, 1.165) is 27.2 Å². The van der Waals surface area contributed by atoms with Crippen molar-refractivity contribution < 1.29 is 9.47 Å². The number of anilines is 1. The highest BCUT2D eigenvalue weighted by molar-refractivity contribution is 9.10. The molecular formula is C24H25BrN2O2S. The molecule has 0 unspecified atom stereocenters. The molecule has 3 rings (SSSR count). The van der Waals surface area contributed by atoms with Gasteiger partial charge in [0.1, 0.15) is 11.5 Å². The van der Waals surface area contributed by atoms with Gasteiger partial charge < -0.3 is 19.7 Å². The standard InChI is InChI=1S/C24H25BrN2O2S/c1-3-29-23-7-5-4-6-22(23)26-24(30)27(16-18-8-12-20(25)13-9-18)17-19-10-14-21(28-2)15-11-19/h4-15H,3,16-17H2,1-2H3,(H,26,30). The van der Waals surface area contributed by atoms with Crippen molar-refractivity contribution in [2.75, 3.05) is 19.0 Å². The minimum atomic E-state index is 0.597. The van der Waals surface area contributed by atoms with Crippen LogP contribution in [0.5, 0.6) is 11.5 Å². The fourth-order valence-corrected chi connectivity index (χ4v) is 3.51. The Labute approximate surface area is 191 Å². The quantitative estimate of drug-likeness (QED) is 0.381. The van der Waals surface area contributed by atoms with Gasteiger partial charge in [-0.3, -0.25) is 0 Å². The Hall–Kier alpha value is -2.57. The molecule has 0 aliphatic rings. The highest BCUT2D eigenvalue weighted by atomic mass is 79.9. The van der Waals surface area contributed by atoms with Crippen LogP contribution in [0, 0.1) is 0 Å². The third-order valence-electron chi connectivity index (χ3n) is 4.53. The van der Waals surface area contributed by atoms with Crippen molar-refractivity contribution in [1.82, 2.24) is 4.90 Å². The predicted octanol–water partition coefficient (Wildman–Crippen LogP) is 6.26. The average Bonchev–Trinajstić information content (AvgIpc) is 2.77. The van der Waals surface area contributed by atoms with Gasteiger partial charge in [-0.1, -0.05) is 52.3 Å². The molecule has 0 aliphatic heterocycles. The number of para-hydroxylation sites is 2. The lowest BCUT2D eigenvalue weighted by atomic mass is 10.1. The number of halogens is 1. The van der Waals surface area contributed by atoms with E-state index in [2.05, 4.69) is 50.4 Å². The van der Waals surface area contributed by atoms with E-state index >= 15 is 0 Å². The molecule has 4 nitrogen and oxygen atoms in total. The molecule has 1 N–H and O–H groups in total. The summed E-state index contributed by atoms with van der Waals surface area (Å²) in [4.78, 5) is 2.14. The number of benzene rings is 3. The first-order chi connectivity index (χ1) is 14.6. The maximum atomic E-state index is 5.80. The lowest BCUT2D eigenvalue weighted by molar-refractivity contribution is 0.342. The second kappa shape index (κ2) is 11.0.